The monoisotopic (exact) mass is 519 g/mol. The molecule has 192 valence electrons. The number of halogens is 1. The first kappa shape index (κ1) is 25.0. The lowest BCUT2D eigenvalue weighted by Gasteiger charge is -2.34. The molecule has 3 aromatic rings. The van der Waals surface area contributed by atoms with Crippen molar-refractivity contribution in [2.45, 2.75) is 26.3 Å². The van der Waals surface area contributed by atoms with Crippen molar-refractivity contribution < 1.29 is 14.3 Å². The summed E-state index contributed by atoms with van der Waals surface area (Å²) in [7, 11) is 0. The molecule has 5 rings (SSSR count). The molecular formula is C28H30ClN5O3. The van der Waals surface area contributed by atoms with Gasteiger partial charge in [0.25, 0.3) is 5.91 Å². The van der Waals surface area contributed by atoms with Crippen LogP contribution in [0.1, 0.15) is 36.2 Å². The lowest BCUT2D eigenvalue weighted by molar-refractivity contribution is 0.0560. The normalized spacial score (nSPS) is 17.5. The Morgan fingerprint density at radius 3 is 2.41 bits per heavy atom. The maximum Gasteiger partial charge on any atom is 0.409 e. The molecule has 0 spiro atoms. The highest BCUT2D eigenvalue weighted by Gasteiger charge is 2.26. The number of benzene rings is 2. The van der Waals surface area contributed by atoms with Crippen LogP contribution in [0.4, 0.5) is 4.79 Å². The molecule has 8 nitrogen and oxygen atoms in total. The number of amides is 2. The first-order chi connectivity index (χ1) is 17.9. The predicted octanol–water partition coefficient (Wildman–Crippen LogP) is 4.70. The smallest absolute Gasteiger partial charge is 0.409 e. The molecule has 1 aromatic heterocycles. The molecule has 0 aliphatic carbocycles. The molecule has 1 fully saturated rings. The molecule has 1 atom stereocenters. The van der Waals surface area contributed by atoms with E-state index >= 15 is 0 Å². The summed E-state index contributed by atoms with van der Waals surface area (Å²) in [6.07, 6.45) is 2.44. The summed E-state index contributed by atoms with van der Waals surface area (Å²) >= 11 is 6.62. The van der Waals surface area contributed by atoms with Crippen LogP contribution in [0.2, 0.25) is 5.02 Å². The number of hydrogen-bond acceptors (Lipinski definition) is 6. The summed E-state index contributed by atoms with van der Waals surface area (Å²) in [5, 5.41) is 1.38. The third-order valence-corrected chi connectivity index (χ3v) is 7.08. The van der Waals surface area contributed by atoms with Crippen LogP contribution < -0.4 is 10.9 Å². The van der Waals surface area contributed by atoms with Gasteiger partial charge in [0, 0.05) is 48.9 Å². The van der Waals surface area contributed by atoms with Crippen molar-refractivity contribution in [3.8, 4) is 11.3 Å². The van der Waals surface area contributed by atoms with Crippen molar-refractivity contribution in [3.63, 3.8) is 0 Å². The van der Waals surface area contributed by atoms with Crippen LogP contribution >= 0.6 is 11.6 Å². The molecule has 9 heteroatoms. The second-order valence-electron chi connectivity index (χ2n) is 9.30. The molecule has 0 radical (unpaired) electrons. The van der Waals surface area contributed by atoms with Gasteiger partial charge in [-0.05, 0) is 42.7 Å². The quantitative estimate of drug-likeness (QED) is 0.508. The largest absolute Gasteiger partial charge is 0.449 e. The Labute approximate surface area is 221 Å². The van der Waals surface area contributed by atoms with E-state index in [-0.39, 0.29) is 18.0 Å². The van der Waals surface area contributed by atoms with Crippen LogP contribution in [0.5, 0.6) is 0 Å². The topological polar surface area (TPSA) is 86.8 Å². The Balaban J connectivity index is 1.33. The Morgan fingerprint density at radius 1 is 1.03 bits per heavy atom. The third-order valence-electron chi connectivity index (χ3n) is 6.77. The van der Waals surface area contributed by atoms with Crippen molar-refractivity contribution in [1.82, 2.24) is 25.6 Å². The lowest BCUT2D eigenvalue weighted by atomic mass is 9.99. The van der Waals surface area contributed by atoms with Crippen LogP contribution in [0.15, 0.2) is 54.7 Å². The number of aromatic nitrogens is 1. The summed E-state index contributed by atoms with van der Waals surface area (Å²) < 4.78 is 5.21. The van der Waals surface area contributed by atoms with Gasteiger partial charge >= 0.3 is 6.09 Å². The first-order valence-electron chi connectivity index (χ1n) is 12.6. The van der Waals surface area contributed by atoms with E-state index in [0.717, 1.165) is 28.6 Å². The molecular weight excluding hydrogens is 490 g/mol. The van der Waals surface area contributed by atoms with Gasteiger partial charge in [0.1, 0.15) is 0 Å². The molecule has 2 aliphatic rings. The summed E-state index contributed by atoms with van der Waals surface area (Å²) in [5.74, 6) is -0.0858. The molecule has 37 heavy (non-hydrogen) atoms. The van der Waals surface area contributed by atoms with Crippen molar-refractivity contribution in [1.29, 1.82) is 0 Å². The van der Waals surface area contributed by atoms with Crippen LogP contribution in [-0.4, -0.2) is 65.6 Å². The predicted molar refractivity (Wildman–Crippen MR) is 145 cm³/mol. The molecule has 2 amide bonds. The number of carbonyl (C=O) groups is 2. The van der Waals surface area contributed by atoms with Gasteiger partial charge in [0.15, 0.2) is 0 Å². The number of carbonyl (C=O) groups excluding carboxylic acids is 2. The summed E-state index contributed by atoms with van der Waals surface area (Å²) in [6, 6.07) is 15.7. The van der Waals surface area contributed by atoms with E-state index in [1.54, 1.807) is 21.9 Å². The molecule has 3 heterocycles. The molecule has 2 aliphatic heterocycles. The van der Waals surface area contributed by atoms with Gasteiger partial charge in [0.05, 0.1) is 28.9 Å². The summed E-state index contributed by atoms with van der Waals surface area (Å²) in [4.78, 5) is 33.6. The number of ether oxygens (including phenoxy) is 1. The Kier molecular flexibility index (Phi) is 7.30. The van der Waals surface area contributed by atoms with Crippen molar-refractivity contribution in [3.05, 3.63) is 70.9 Å². The molecule has 1 unspecified atom stereocenters. The minimum absolute atomic E-state index is 0.0858. The Hall–Kier alpha value is -3.62. The maximum atomic E-state index is 13.2. The number of nitrogens with one attached hydrogen (secondary N) is 2. The SMILES string of the molecule is CCCOC(=O)N1CCN(C(=O)c2ccc3c(Cl)cc(-c4ccc(C5=CNNC5C)cc4)nc3c2)CC1. The number of nitrogens with zero attached hydrogens (tertiary/aromatic N) is 3. The fourth-order valence-corrected chi connectivity index (χ4v) is 4.90. The highest BCUT2D eigenvalue weighted by atomic mass is 35.5. The van der Waals surface area contributed by atoms with Gasteiger partial charge in [-0.3, -0.25) is 4.79 Å². The van der Waals surface area contributed by atoms with Crippen LogP contribution in [-0.2, 0) is 4.74 Å². The Morgan fingerprint density at radius 2 is 1.73 bits per heavy atom. The second-order valence-corrected chi connectivity index (χ2v) is 9.71. The van der Waals surface area contributed by atoms with Crippen LogP contribution in [0.25, 0.3) is 27.7 Å². The van der Waals surface area contributed by atoms with Gasteiger partial charge < -0.3 is 20.0 Å². The van der Waals surface area contributed by atoms with E-state index in [0.29, 0.717) is 48.9 Å². The zero-order valence-electron chi connectivity index (χ0n) is 21.0. The zero-order valence-corrected chi connectivity index (χ0v) is 21.7. The molecule has 1 saturated heterocycles. The van der Waals surface area contributed by atoms with Gasteiger partial charge in [-0.2, -0.15) is 0 Å². The number of fused-ring (bicyclic) bond motifs is 1. The minimum Gasteiger partial charge on any atom is -0.449 e. The van der Waals surface area contributed by atoms with E-state index in [1.807, 2.05) is 37.4 Å². The molecule has 0 saturated carbocycles. The van der Waals surface area contributed by atoms with E-state index in [1.165, 1.54) is 5.57 Å². The van der Waals surface area contributed by atoms with Gasteiger partial charge in [-0.1, -0.05) is 48.9 Å². The van der Waals surface area contributed by atoms with Crippen LogP contribution in [0.3, 0.4) is 0 Å². The van der Waals surface area contributed by atoms with Crippen LogP contribution in [0, 0.1) is 0 Å². The summed E-state index contributed by atoms with van der Waals surface area (Å²) in [5.41, 5.74) is 11.5. The number of hydrazine groups is 1. The highest BCUT2D eigenvalue weighted by Crippen LogP contribution is 2.30. The number of hydrogen-bond donors (Lipinski definition) is 2. The van der Waals surface area contributed by atoms with E-state index in [9.17, 15) is 9.59 Å². The van der Waals surface area contributed by atoms with Crippen molar-refractivity contribution in [2.75, 3.05) is 32.8 Å². The Bertz CT molecular complexity index is 1350. The van der Waals surface area contributed by atoms with E-state index < -0.39 is 0 Å². The van der Waals surface area contributed by atoms with Gasteiger partial charge in [-0.25, -0.2) is 15.2 Å². The van der Waals surface area contributed by atoms with Gasteiger partial charge in [-0.15, -0.1) is 0 Å². The number of pyridine rings is 1. The van der Waals surface area contributed by atoms with Gasteiger partial charge in [0.2, 0.25) is 0 Å². The highest BCUT2D eigenvalue weighted by molar-refractivity contribution is 6.35. The zero-order chi connectivity index (χ0) is 25.9. The average Bonchev–Trinajstić information content (AvgIpc) is 3.36. The van der Waals surface area contributed by atoms with Crippen molar-refractivity contribution in [2.24, 2.45) is 0 Å². The first-order valence-corrected chi connectivity index (χ1v) is 13.0. The molecule has 0 bridgehead atoms. The number of rotatable bonds is 5. The fraction of sp³-hybridized carbons (Fsp3) is 0.321. The third kappa shape index (κ3) is 5.26. The molecule has 2 aromatic carbocycles. The molecule has 2 N–H and O–H groups in total. The fourth-order valence-electron chi connectivity index (χ4n) is 4.64. The van der Waals surface area contributed by atoms with E-state index in [4.69, 9.17) is 21.3 Å². The lowest BCUT2D eigenvalue weighted by Crippen LogP contribution is -2.50. The van der Waals surface area contributed by atoms with Crippen molar-refractivity contribution >= 4 is 40.1 Å². The van der Waals surface area contributed by atoms with E-state index in [2.05, 4.69) is 29.9 Å². The average molecular weight is 520 g/mol. The second kappa shape index (κ2) is 10.8. The summed E-state index contributed by atoms with van der Waals surface area (Å²) in [6.45, 7) is 6.28. The number of piperazine rings is 1. The minimum atomic E-state index is -0.318. The standard InChI is InChI=1S/C28H30ClN5O3/c1-3-14-37-28(36)34-12-10-33(11-13-34)27(35)21-8-9-22-24(29)16-25(31-26(22)15-21)20-6-4-19(5-7-20)23-17-30-32-18(23)2/h4-9,15-18,30,32H,3,10-14H2,1-2H3. The maximum absolute atomic E-state index is 13.2.